The smallest absolute Gasteiger partial charge is 0.342 e. The van der Waals surface area contributed by atoms with Crippen LogP contribution in [0.5, 0.6) is 0 Å². The van der Waals surface area contributed by atoms with Gasteiger partial charge < -0.3 is 19.3 Å². The van der Waals surface area contributed by atoms with Gasteiger partial charge in [0.05, 0.1) is 6.26 Å². The summed E-state index contributed by atoms with van der Waals surface area (Å²) in [7, 11) is 2.82. The Morgan fingerprint density at radius 2 is 1.44 bits per heavy atom. The van der Waals surface area contributed by atoms with Crippen molar-refractivity contribution in [1.29, 1.82) is 0 Å². The summed E-state index contributed by atoms with van der Waals surface area (Å²) in [6.45, 7) is 9.49. The van der Waals surface area contributed by atoms with Crippen molar-refractivity contribution < 1.29 is 28.9 Å². The molecule has 6 heteroatoms. The highest BCUT2D eigenvalue weighted by molar-refractivity contribution is 5.79. The highest BCUT2D eigenvalue weighted by atomic mass is 16.6. The molecule has 6 nitrogen and oxygen atoms in total. The van der Waals surface area contributed by atoms with Crippen LogP contribution in [-0.2, 0) is 23.8 Å². The fourth-order valence-corrected chi connectivity index (χ4v) is 0.388. The van der Waals surface area contributed by atoms with Crippen LogP contribution in [0, 0.1) is 0 Å². The molecule has 0 fully saturated rings. The molecule has 1 N–H and O–H groups in total. The van der Waals surface area contributed by atoms with Crippen LogP contribution in [0.25, 0.3) is 0 Å². The minimum Gasteiger partial charge on any atom is -0.479 e. The molecule has 0 aliphatic heterocycles. The molecule has 0 aliphatic rings. The van der Waals surface area contributed by atoms with E-state index >= 15 is 0 Å². The summed E-state index contributed by atoms with van der Waals surface area (Å²) in [6, 6.07) is 0. The average molecular weight is 262 g/mol. The van der Waals surface area contributed by atoms with Crippen LogP contribution < -0.4 is 0 Å². The SMILES string of the molecule is C=COC(=O)C(C)(C)OC.COC(C)(C)C(=O)O. The average Bonchev–Trinajstić information content (AvgIpc) is 2.30. The van der Waals surface area contributed by atoms with E-state index in [1.54, 1.807) is 13.8 Å². The monoisotopic (exact) mass is 262 g/mol. The van der Waals surface area contributed by atoms with Crippen LogP contribution in [0.1, 0.15) is 27.7 Å². The number of hydrogen-bond acceptors (Lipinski definition) is 5. The zero-order valence-electron chi connectivity index (χ0n) is 11.8. The van der Waals surface area contributed by atoms with Gasteiger partial charge in [-0.25, -0.2) is 9.59 Å². The van der Waals surface area contributed by atoms with Gasteiger partial charge in [-0.05, 0) is 27.7 Å². The molecule has 0 aliphatic carbocycles. The van der Waals surface area contributed by atoms with E-state index in [0.717, 1.165) is 6.26 Å². The lowest BCUT2D eigenvalue weighted by Gasteiger charge is -2.18. The number of carboxylic acids is 1. The van der Waals surface area contributed by atoms with E-state index in [1.807, 2.05) is 0 Å². The molecule has 0 rings (SSSR count). The number of ether oxygens (including phenoxy) is 3. The van der Waals surface area contributed by atoms with E-state index in [-0.39, 0.29) is 0 Å². The van der Waals surface area contributed by atoms with Gasteiger partial charge in [-0.3, -0.25) is 0 Å². The van der Waals surface area contributed by atoms with Gasteiger partial charge in [0.15, 0.2) is 11.2 Å². The van der Waals surface area contributed by atoms with Crippen molar-refractivity contribution >= 4 is 11.9 Å². The Labute approximate surface area is 108 Å². The number of carbonyl (C=O) groups excluding carboxylic acids is 1. The van der Waals surface area contributed by atoms with Gasteiger partial charge in [0, 0.05) is 14.2 Å². The lowest BCUT2D eigenvalue weighted by molar-refractivity contribution is -0.159. The van der Waals surface area contributed by atoms with Gasteiger partial charge in [0.2, 0.25) is 0 Å². The Kier molecular flexibility index (Phi) is 8.25. The van der Waals surface area contributed by atoms with Crippen molar-refractivity contribution in [2.75, 3.05) is 14.2 Å². The third-order valence-corrected chi connectivity index (χ3v) is 2.22. The molecular weight excluding hydrogens is 240 g/mol. The zero-order chi connectivity index (χ0) is 15.0. The molecule has 0 radical (unpaired) electrons. The summed E-state index contributed by atoms with van der Waals surface area (Å²) >= 11 is 0. The molecule has 0 atom stereocenters. The third-order valence-electron chi connectivity index (χ3n) is 2.22. The Balaban J connectivity index is 0. The molecule has 0 spiro atoms. The number of carboxylic acid groups (broad SMARTS) is 1. The zero-order valence-corrected chi connectivity index (χ0v) is 11.8. The topological polar surface area (TPSA) is 82.1 Å². The fourth-order valence-electron chi connectivity index (χ4n) is 0.388. The van der Waals surface area contributed by atoms with Gasteiger partial charge in [-0.2, -0.15) is 0 Å². The molecular formula is C12H22O6. The summed E-state index contributed by atoms with van der Waals surface area (Å²) < 4.78 is 13.9. The predicted molar refractivity (Wildman–Crippen MR) is 66.1 cm³/mol. The molecule has 0 unspecified atom stereocenters. The molecule has 0 amide bonds. The number of esters is 1. The number of carbonyl (C=O) groups is 2. The van der Waals surface area contributed by atoms with Crippen LogP contribution in [0.3, 0.4) is 0 Å². The first-order valence-corrected chi connectivity index (χ1v) is 5.20. The number of methoxy groups -OCH3 is 2. The Morgan fingerprint density at radius 1 is 1.06 bits per heavy atom. The molecule has 0 heterocycles. The Hall–Kier alpha value is -1.40. The van der Waals surface area contributed by atoms with E-state index in [0.29, 0.717) is 0 Å². The van der Waals surface area contributed by atoms with E-state index in [1.165, 1.54) is 28.1 Å². The number of hydrogen-bond donors (Lipinski definition) is 1. The van der Waals surface area contributed by atoms with Gasteiger partial charge in [-0.1, -0.05) is 6.58 Å². The highest BCUT2D eigenvalue weighted by Gasteiger charge is 2.28. The molecule has 18 heavy (non-hydrogen) atoms. The Morgan fingerprint density at radius 3 is 1.61 bits per heavy atom. The van der Waals surface area contributed by atoms with Gasteiger partial charge in [0.1, 0.15) is 0 Å². The summed E-state index contributed by atoms with van der Waals surface area (Å²) in [4.78, 5) is 21.0. The molecule has 0 aromatic carbocycles. The first-order chi connectivity index (χ1) is 8.05. The fraction of sp³-hybridized carbons (Fsp3) is 0.667. The second-order valence-electron chi connectivity index (χ2n) is 4.31. The Bertz CT molecular complexity index is 293. The lowest BCUT2D eigenvalue weighted by Crippen LogP contribution is -2.34. The normalized spacial score (nSPS) is 11.0. The molecule has 106 valence electrons. The van der Waals surface area contributed by atoms with Crippen LogP contribution in [-0.4, -0.2) is 42.5 Å². The quantitative estimate of drug-likeness (QED) is 0.598. The second kappa shape index (κ2) is 7.84. The first kappa shape index (κ1) is 19.0. The van der Waals surface area contributed by atoms with Crippen molar-refractivity contribution in [3.05, 3.63) is 12.8 Å². The lowest BCUT2D eigenvalue weighted by atomic mass is 10.1. The maximum Gasteiger partial charge on any atom is 0.342 e. The van der Waals surface area contributed by atoms with E-state index < -0.39 is 23.1 Å². The van der Waals surface area contributed by atoms with Crippen molar-refractivity contribution in [1.82, 2.24) is 0 Å². The van der Waals surface area contributed by atoms with E-state index in [2.05, 4.69) is 16.1 Å². The van der Waals surface area contributed by atoms with Crippen LogP contribution in [0.4, 0.5) is 0 Å². The molecule has 0 saturated heterocycles. The van der Waals surface area contributed by atoms with E-state index in [9.17, 15) is 9.59 Å². The largest absolute Gasteiger partial charge is 0.479 e. The minimum absolute atomic E-state index is 0.440. The maximum absolute atomic E-state index is 10.9. The summed E-state index contributed by atoms with van der Waals surface area (Å²) in [5.41, 5.74) is -1.92. The van der Waals surface area contributed by atoms with Crippen molar-refractivity contribution in [3.63, 3.8) is 0 Å². The molecule has 0 aromatic rings. The maximum atomic E-state index is 10.9. The predicted octanol–water partition coefficient (Wildman–Crippen LogP) is 1.59. The summed E-state index contributed by atoms with van der Waals surface area (Å²) in [6.07, 6.45) is 1.09. The standard InChI is InChI=1S/C7H12O3.C5H10O3/c1-5-10-6(8)7(2,3)9-4;1-5(2,8-3)4(6)7/h5H,1H2,2-4H3;1-3H3,(H,6,7). The number of rotatable bonds is 5. The van der Waals surface area contributed by atoms with Crippen molar-refractivity contribution in [2.45, 2.75) is 38.9 Å². The van der Waals surface area contributed by atoms with Crippen LogP contribution in [0.15, 0.2) is 12.8 Å². The van der Waals surface area contributed by atoms with Crippen molar-refractivity contribution in [3.8, 4) is 0 Å². The molecule has 0 bridgehead atoms. The first-order valence-electron chi connectivity index (χ1n) is 5.20. The highest BCUT2D eigenvalue weighted by Crippen LogP contribution is 2.09. The minimum atomic E-state index is -1.04. The third kappa shape index (κ3) is 7.03. The molecule has 0 aromatic heterocycles. The van der Waals surface area contributed by atoms with Gasteiger partial charge >= 0.3 is 11.9 Å². The number of aliphatic carboxylic acids is 1. The molecule has 0 saturated carbocycles. The van der Waals surface area contributed by atoms with Crippen LogP contribution in [0.2, 0.25) is 0 Å². The van der Waals surface area contributed by atoms with Gasteiger partial charge in [-0.15, -0.1) is 0 Å². The van der Waals surface area contributed by atoms with E-state index in [4.69, 9.17) is 9.84 Å². The second-order valence-corrected chi connectivity index (χ2v) is 4.31. The summed E-state index contributed by atoms with van der Waals surface area (Å²) in [5.74, 6) is -1.38. The van der Waals surface area contributed by atoms with Gasteiger partial charge in [0.25, 0.3) is 0 Å². The summed E-state index contributed by atoms with van der Waals surface area (Å²) in [5, 5.41) is 8.32. The van der Waals surface area contributed by atoms with Crippen LogP contribution >= 0.6 is 0 Å². The van der Waals surface area contributed by atoms with Crippen molar-refractivity contribution in [2.24, 2.45) is 0 Å².